The van der Waals surface area contributed by atoms with E-state index in [0.717, 1.165) is 0 Å². The van der Waals surface area contributed by atoms with Crippen molar-refractivity contribution in [3.8, 4) is 0 Å². The second-order valence-corrected chi connectivity index (χ2v) is 4.01. The van der Waals surface area contributed by atoms with Crippen LogP contribution in [-0.2, 0) is 5.33 Å². The van der Waals surface area contributed by atoms with Crippen molar-refractivity contribution in [3.05, 3.63) is 26.9 Å². The van der Waals surface area contributed by atoms with Crippen molar-refractivity contribution in [1.29, 1.82) is 0 Å². The van der Waals surface area contributed by atoms with Crippen molar-refractivity contribution >= 4 is 43.5 Å². The zero-order valence-electron chi connectivity index (χ0n) is 6.20. The minimum Gasteiger partial charge on any atom is -0.240 e. The second kappa shape index (κ2) is 4.66. The first kappa shape index (κ1) is 11.3. The molecule has 6 heteroatoms. The van der Waals surface area contributed by atoms with Gasteiger partial charge in [0, 0.05) is 9.80 Å². The van der Waals surface area contributed by atoms with Gasteiger partial charge in [0.05, 0.1) is 11.3 Å². The Morgan fingerprint density at radius 2 is 2.15 bits per heavy atom. The third-order valence-electron chi connectivity index (χ3n) is 1.37. The molecule has 1 nitrogen and oxygen atoms in total. The fraction of sp³-hybridized carbons (Fsp3) is 0.286. The van der Waals surface area contributed by atoms with Crippen LogP contribution in [0.1, 0.15) is 17.7 Å². The third kappa shape index (κ3) is 2.60. The normalized spacial score (nSPS) is 10.9. The molecule has 13 heavy (non-hydrogen) atoms. The van der Waals surface area contributed by atoms with E-state index < -0.39 is 6.43 Å². The minimum atomic E-state index is -2.61. The average Bonchev–Trinajstić information content (AvgIpc) is 2.02. The van der Waals surface area contributed by atoms with Crippen molar-refractivity contribution in [3.63, 3.8) is 0 Å². The molecule has 1 heterocycles. The van der Waals surface area contributed by atoms with E-state index >= 15 is 0 Å². The average molecular weight is 335 g/mol. The van der Waals surface area contributed by atoms with E-state index in [1.165, 1.54) is 6.07 Å². The Morgan fingerprint density at radius 3 is 2.54 bits per heavy atom. The summed E-state index contributed by atoms with van der Waals surface area (Å²) in [4.78, 5) is 3.78. The number of alkyl halides is 3. The quantitative estimate of drug-likeness (QED) is 0.579. The Bertz CT molecular complexity index is 296. The van der Waals surface area contributed by atoms with E-state index in [2.05, 4.69) is 36.8 Å². The summed E-state index contributed by atoms with van der Waals surface area (Å²) in [6.07, 6.45) is -2.61. The largest absolute Gasteiger partial charge is 0.267 e. The van der Waals surface area contributed by atoms with Gasteiger partial charge in [-0.05, 0) is 6.07 Å². The van der Waals surface area contributed by atoms with Crippen LogP contribution in [0.25, 0.3) is 0 Å². The lowest BCUT2D eigenvalue weighted by Crippen LogP contribution is -1.95. The molecule has 1 aromatic rings. The third-order valence-corrected chi connectivity index (χ3v) is 2.89. The Hall–Kier alpha value is 0.260. The smallest absolute Gasteiger partial charge is 0.240 e. The van der Waals surface area contributed by atoms with Crippen LogP contribution in [0.15, 0.2) is 10.5 Å². The summed E-state index contributed by atoms with van der Waals surface area (Å²) in [5.41, 5.74) is 0.354. The molecule has 0 aliphatic rings. The van der Waals surface area contributed by atoms with Crippen LogP contribution < -0.4 is 0 Å². The SMILES string of the molecule is FC(F)c1c(Br)cc(CBr)nc1Cl. The van der Waals surface area contributed by atoms with Crippen molar-refractivity contribution in [2.75, 3.05) is 0 Å². The molecule has 1 aromatic heterocycles. The van der Waals surface area contributed by atoms with Crippen molar-refractivity contribution in [1.82, 2.24) is 4.98 Å². The summed E-state index contributed by atoms with van der Waals surface area (Å²) in [7, 11) is 0. The van der Waals surface area contributed by atoms with Gasteiger partial charge in [-0.15, -0.1) is 0 Å². The molecule has 0 radical (unpaired) electrons. The summed E-state index contributed by atoms with van der Waals surface area (Å²) >= 11 is 11.7. The molecule has 1 rings (SSSR count). The summed E-state index contributed by atoms with van der Waals surface area (Å²) in [6, 6.07) is 1.52. The van der Waals surface area contributed by atoms with Gasteiger partial charge in [-0.1, -0.05) is 43.5 Å². The highest BCUT2D eigenvalue weighted by atomic mass is 79.9. The highest BCUT2D eigenvalue weighted by Crippen LogP contribution is 2.33. The lowest BCUT2D eigenvalue weighted by atomic mass is 10.2. The molecular formula is C7H4Br2ClF2N. The van der Waals surface area contributed by atoms with Crippen LogP contribution in [0, 0.1) is 0 Å². The molecule has 0 saturated heterocycles. The molecule has 0 unspecified atom stereocenters. The molecular weight excluding hydrogens is 331 g/mol. The molecule has 0 aliphatic heterocycles. The van der Waals surface area contributed by atoms with Gasteiger partial charge >= 0.3 is 0 Å². The molecule has 0 aliphatic carbocycles. The van der Waals surface area contributed by atoms with Gasteiger partial charge in [0.2, 0.25) is 0 Å². The maximum absolute atomic E-state index is 12.4. The van der Waals surface area contributed by atoms with E-state index in [0.29, 0.717) is 11.0 Å². The van der Waals surface area contributed by atoms with Gasteiger partial charge in [-0.3, -0.25) is 0 Å². The number of aromatic nitrogens is 1. The minimum absolute atomic E-state index is 0.154. The molecule has 0 N–H and O–H groups in total. The van der Waals surface area contributed by atoms with Gasteiger partial charge in [-0.2, -0.15) is 0 Å². The predicted molar refractivity (Wildman–Crippen MR) is 54.5 cm³/mol. The topological polar surface area (TPSA) is 12.9 Å². The molecule has 0 fully saturated rings. The number of hydrogen-bond donors (Lipinski definition) is 0. The lowest BCUT2D eigenvalue weighted by Gasteiger charge is -2.06. The first-order valence-electron chi connectivity index (χ1n) is 3.25. The predicted octanol–water partition coefficient (Wildman–Crippen LogP) is 4.33. The fourth-order valence-electron chi connectivity index (χ4n) is 0.804. The van der Waals surface area contributed by atoms with Crippen LogP contribution in [0.3, 0.4) is 0 Å². The zero-order valence-corrected chi connectivity index (χ0v) is 10.1. The molecule has 72 valence electrons. The first-order chi connectivity index (χ1) is 6.06. The van der Waals surface area contributed by atoms with Gasteiger partial charge in [0.25, 0.3) is 6.43 Å². The number of halogens is 5. The summed E-state index contributed by atoms with van der Waals surface area (Å²) in [5, 5.41) is 0.327. The lowest BCUT2D eigenvalue weighted by molar-refractivity contribution is 0.150. The number of pyridine rings is 1. The van der Waals surface area contributed by atoms with Gasteiger partial charge in [0.15, 0.2) is 0 Å². The Labute approximate surface area is 95.8 Å². The molecule has 0 bridgehead atoms. The highest BCUT2D eigenvalue weighted by Gasteiger charge is 2.17. The van der Waals surface area contributed by atoms with Gasteiger partial charge in [-0.25, -0.2) is 13.8 Å². The summed E-state index contributed by atoms with van der Waals surface area (Å²) < 4.78 is 25.0. The Balaban J connectivity index is 3.23. The van der Waals surface area contributed by atoms with E-state index in [1.807, 2.05) is 0 Å². The van der Waals surface area contributed by atoms with Crippen molar-refractivity contribution < 1.29 is 8.78 Å². The van der Waals surface area contributed by atoms with Crippen LogP contribution in [0.4, 0.5) is 8.78 Å². The molecule has 0 atom stereocenters. The van der Waals surface area contributed by atoms with Crippen LogP contribution in [-0.4, -0.2) is 4.98 Å². The number of nitrogens with zero attached hydrogens (tertiary/aromatic N) is 1. The van der Waals surface area contributed by atoms with Gasteiger partial charge in [0.1, 0.15) is 5.15 Å². The van der Waals surface area contributed by atoms with Crippen molar-refractivity contribution in [2.24, 2.45) is 0 Å². The monoisotopic (exact) mass is 333 g/mol. The maximum atomic E-state index is 12.4. The van der Waals surface area contributed by atoms with Crippen molar-refractivity contribution in [2.45, 2.75) is 11.8 Å². The molecule has 0 amide bonds. The van der Waals surface area contributed by atoms with Crippen LogP contribution >= 0.6 is 43.5 Å². The van der Waals surface area contributed by atoms with E-state index in [9.17, 15) is 8.78 Å². The summed E-state index contributed by atoms with van der Waals surface area (Å²) in [5.74, 6) is 0. The second-order valence-electron chi connectivity index (χ2n) is 2.23. The zero-order chi connectivity index (χ0) is 10.0. The fourth-order valence-corrected chi connectivity index (χ4v) is 2.12. The Kier molecular flexibility index (Phi) is 4.06. The first-order valence-corrected chi connectivity index (χ1v) is 5.54. The molecule has 0 spiro atoms. The molecule has 0 saturated carbocycles. The highest BCUT2D eigenvalue weighted by molar-refractivity contribution is 9.10. The number of hydrogen-bond acceptors (Lipinski definition) is 1. The summed E-state index contributed by atoms with van der Waals surface area (Å²) in [6.45, 7) is 0. The van der Waals surface area contributed by atoms with E-state index in [-0.39, 0.29) is 15.2 Å². The van der Waals surface area contributed by atoms with E-state index in [4.69, 9.17) is 11.6 Å². The standard InChI is InChI=1S/C7H4Br2ClF2N/c8-2-3-1-4(9)5(7(11)12)6(10)13-3/h1,7H,2H2. The Morgan fingerprint density at radius 1 is 1.54 bits per heavy atom. The maximum Gasteiger partial charge on any atom is 0.267 e. The number of rotatable bonds is 2. The van der Waals surface area contributed by atoms with Crippen LogP contribution in [0.2, 0.25) is 5.15 Å². The molecule has 0 aromatic carbocycles. The van der Waals surface area contributed by atoms with E-state index in [1.54, 1.807) is 0 Å². The van der Waals surface area contributed by atoms with Crippen LogP contribution in [0.5, 0.6) is 0 Å². The van der Waals surface area contributed by atoms with Gasteiger partial charge < -0.3 is 0 Å².